The molecule has 1 aliphatic rings. The number of hydrogen-bond acceptors (Lipinski definition) is 5. The SMILES string of the molecule is CC1Cc2nccn2C=C1Cn1nnc2ccc(-c3cnn(C)c3)nc21. The quantitative estimate of drug-likeness (QED) is 0.568. The van der Waals surface area contributed by atoms with Gasteiger partial charge in [0.15, 0.2) is 5.65 Å². The zero-order valence-corrected chi connectivity index (χ0v) is 14.6. The first-order valence-electron chi connectivity index (χ1n) is 8.59. The first-order valence-corrected chi connectivity index (χ1v) is 8.59. The fourth-order valence-corrected chi connectivity index (χ4v) is 3.37. The van der Waals surface area contributed by atoms with E-state index in [1.807, 2.05) is 48.6 Å². The summed E-state index contributed by atoms with van der Waals surface area (Å²) in [6, 6.07) is 3.92. The number of fused-ring (bicyclic) bond motifs is 2. The zero-order chi connectivity index (χ0) is 17.7. The van der Waals surface area contributed by atoms with Gasteiger partial charge in [-0.05, 0) is 23.6 Å². The van der Waals surface area contributed by atoms with E-state index in [9.17, 15) is 0 Å². The maximum atomic E-state index is 4.78. The maximum absolute atomic E-state index is 4.78. The van der Waals surface area contributed by atoms with E-state index in [1.54, 1.807) is 4.68 Å². The molecule has 130 valence electrons. The minimum atomic E-state index is 0.408. The lowest BCUT2D eigenvalue weighted by Crippen LogP contribution is -2.18. The predicted octanol–water partition coefficient (Wildman–Crippen LogP) is 2.16. The number of hydrogen-bond donors (Lipinski definition) is 0. The molecule has 0 radical (unpaired) electrons. The Hall–Kier alpha value is -3.29. The van der Waals surface area contributed by atoms with E-state index in [-0.39, 0.29) is 0 Å². The molecule has 4 aromatic rings. The Balaban J connectivity index is 1.53. The molecule has 0 fully saturated rings. The summed E-state index contributed by atoms with van der Waals surface area (Å²) in [5.41, 5.74) is 4.73. The summed E-state index contributed by atoms with van der Waals surface area (Å²) in [6.07, 6.45) is 10.7. The van der Waals surface area contributed by atoms with Crippen molar-refractivity contribution in [2.24, 2.45) is 13.0 Å². The minimum Gasteiger partial charge on any atom is -0.311 e. The monoisotopic (exact) mass is 346 g/mol. The molecule has 0 amide bonds. The molecule has 0 saturated heterocycles. The molecule has 0 bridgehead atoms. The third kappa shape index (κ3) is 2.42. The fraction of sp³-hybridized carbons (Fsp3) is 0.278. The molecule has 5 heterocycles. The first-order chi connectivity index (χ1) is 12.7. The number of allylic oxidation sites excluding steroid dienone is 1. The normalized spacial score (nSPS) is 16.7. The van der Waals surface area contributed by atoms with E-state index in [1.165, 1.54) is 5.57 Å². The van der Waals surface area contributed by atoms with Gasteiger partial charge in [-0.15, -0.1) is 5.10 Å². The number of aromatic nitrogens is 8. The van der Waals surface area contributed by atoms with Crippen molar-refractivity contribution >= 4 is 17.4 Å². The van der Waals surface area contributed by atoms with Crippen LogP contribution in [0.25, 0.3) is 28.6 Å². The van der Waals surface area contributed by atoms with Gasteiger partial charge in [0, 0.05) is 43.8 Å². The van der Waals surface area contributed by atoms with Gasteiger partial charge in [0.1, 0.15) is 11.3 Å². The van der Waals surface area contributed by atoms with Crippen molar-refractivity contribution in [2.45, 2.75) is 19.9 Å². The van der Waals surface area contributed by atoms with E-state index in [2.05, 4.69) is 38.1 Å². The van der Waals surface area contributed by atoms with E-state index < -0.39 is 0 Å². The van der Waals surface area contributed by atoms with E-state index in [0.717, 1.165) is 34.7 Å². The molecule has 0 aromatic carbocycles. The van der Waals surface area contributed by atoms with Crippen LogP contribution in [0.2, 0.25) is 0 Å². The van der Waals surface area contributed by atoms with Crippen molar-refractivity contribution in [3.8, 4) is 11.3 Å². The Bertz CT molecular complexity index is 1130. The molecule has 1 unspecified atom stereocenters. The molecule has 4 aromatic heterocycles. The van der Waals surface area contributed by atoms with Crippen LogP contribution in [-0.2, 0) is 20.0 Å². The smallest absolute Gasteiger partial charge is 0.179 e. The second-order valence-electron chi connectivity index (χ2n) is 6.75. The fourth-order valence-electron chi connectivity index (χ4n) is 3.37. The molecule has 5 rings (SSSR count). The van der Waals surface area contributed by atoms with Crippen molar-refractivity contribution in [3.05, 3.63) is 48.3 Å². The number of pyridine rings is 1. The van der Waals surface area contributed by atoms with Crippen LogP contribution in [0.15, 0.2) is 42.5 Å². The predicted molar refractivity (Wildman–Crippen MR) is 96.9 cm³/mol. The zero-order valence-electron chi connectivity index (χ0n) is 14.6. The number of aryl methyl sites for hydroxylation is 1. The average molecular weight is 346 g/mol. The topological polar surface area (TPSA) is 79.2 Å². The molecule has 1 atom stereocenters. The molecule has 8 heteroatoms. The van der Waals surface area contributed by atoms with Crippen molar-refractivity contribution in [3.63, 3.8) is 0 Å². The number of nitrogens with zero attached hydrogens (tertiary/aromatic N) is 8. The highest BCUT2D eigenvalue weighted by Crippen LogP contribution is 2.25. The summed E-state index contributed by atoms with van der Waals surface area (Å²) in [5, 5.41) is 12.8. The third-order valence-corrected chi connectivity index (χ3v) is 4.87. The summed E-state index contributed by atoms with van der Waals surface area (Å²) in [7, 11) is 1.90. The van der Waals surface area contributed by atoms with Gasteiger partial charge in [0.05, 0.1) is 18.4 Å². The Kier molecular flexibility index (Phi) is 3.24. The van der Waals surface area contributed by atoms with Crippen molar-refractivity contribution < 1.29 is 0 Å². The van der Waals surface area contributed by atoms with Gasteiger partial charge in [0.25, 0.3) is 0 Å². The first kappa shape index (κ1) is 15.0. The summed E-state index contributed by atoms with van der Waals surface area (Å²) in [5.74, 6) is 1.51. The number of imidazole rings is 1. The molecule has 26 heavy (non-hydrogen) atoms. The second kappa shape index (κ2) is 5.62. The highest BCUT2D eigenvalue weighted by atomic mass is 15.4. The lowest BCUT2D eigenvalue weighted by Gasteiger charge is -2.21. The lowest BCUT2D eigenvalue weighted by atomic mass is 9.95. The minimum absolute atomic E-state index is 0.408. The van der Waals surface area contributed by atoms with Gasteiger partial charge in [-0.2, -0.15) is 5.10 Å². The van der Waals surface area contributed by atoms with Gasteiger partial charge in [-0.25, -0.2) is 14.6 Å². The molecular weight excluding hydrogens is 328 g/mol. The van der Waals surface area contributed by atoms with Gasteiger partial charge in [-0.3, -0.25) is 4.68 Å². The Labute approximate surface area is 149 Å². The third-order valence-electron chi connectivity index (χ3n) is 4.87. The molecule has 0 aliphatic carbocycles. The second-order valence-corrected chi connectivity index (χ2v) is 6.75. The largest absolute Gasteiger partial charge is 0.311 e. The van der Waals surface area contributed by atoms with Crippen LogP contribution in [0.3, 0.4) is 0 Å². The van der Waals surface area contributed by atoms with Crippen molar-refractivity contribution in [1.29, 1.82) is 0 Å². The summed E-state index contributed by atoms with van der Waals surface area (Å²) in [6.45, 7) is 2.89. The van der Waals surface area contributed by atoms with Gasteiger partial charge < -0.3 is 4.57 Å². The Morgan fingerprint density at radius 2 is 2.19 bits per heavy atom. The number of rotatable bonds is 3. The van der Waals surface area contributed by atoms with Gasteiger partial charge >= 0.3 is 0 Å². The van der Waals surface area contributed by atoms with Gasteiger partial charge in [-0.1, -0.05) is 12.1 Å². The maximum Gasteiger partial charge on any atom is 0.179 e. The van der Waals surface area contributed by atoms with Crippen LogP contribution in [0.1, 0.15) is 12.7 Å². The van der Waals surface area contributed by atoms with Crippen LogP contribution in [0, 0.1) is 5.92 Å². The average Bonchev–Trinajstić information content (AvgIpc) is 3.35. The van der Waals surface area contributed by atoms with Crippen LogP contribution in [0.5, 0.6) is 0 Å². The summed E-state index contributed by atoms with van der Waals surface area (Å²) in [4.78, 5) is 9.18. The standard InChI is InChI=1S/C18H18N8/c1-12-7-17-19-5-6-25(17)10-14(12)11-26-18-16(22-23-26)4-3-15(21-18)13-8-20-24(2)9-13/h3-6,8-10,12H,7,11H2,1-2H3. The Morgan fingerprint density at radius 1 is 1.27 bits per heavy atom. The van der Waals surface area contributed by atoms with Crippen LogP contribution in [0.4, 0.5) is 0 Å². The molecule has 1 aliphatic heterocycles. The van der Waals surface area contributed by atoms with Crippen LogP contribution in [-0.4, -0.2) is 39.3 Å². The van der Waals surface area contributed by atoms with Crippen molar-refractivity contribution in [2.75, 3.05) is 0 Å². The van der Waals surface area contributed by atoms with E-state index >= 15 is 0 Å². The van der Waals surface area contributed by atoms with E-state index in [0.29, 0.717) is 12.5 Å². The summed E-state index contributed by atoms with van der Waals surface area (Å²) < 4.78 is 5.73. The molecular formula is C18H18N8. The molecule has 0 saturated carbocycles. The van der Waals surface area contributed by atoms with Crippen LogP contribution < -0.4 is 0 Å². The van der Waals surface area contributed by atoms with E-state index in [4.69, 9.17) is 4.98 Å². The van der Waals surface area contributed by atoms with Crippen molar-refractivity contribution in [1.82, 2.24) is 39.3 Å². The summed E-state index contributed by atoms with van der Waals surface area (Å²) >= 11 is 0. The van der Waals surface area contributed by atoms with Gasteiger partial charge in [0.2, 0.25) is 0 Å². The Morgan fingerprint density at radius 3 is 3.04 bits per heavy atom. The highest BCUT2D eigenvalue weighted by molar-refractivity contribution is 5.74. The molecule has 0 spiro atoms. The lowest BCUT2D eigenvalue weighted by molar-refractivity contribution is 0.548. The molecule has 8 nitrogen and oxygen atoms in total. The highest BCUT2D eigenvalue weighted by Gasteiger charge is 2.20. The van der Waals surface area contributed by atoms with Crippen LogP contribution >= 0.6 is 0 Å². The molecule has 0 N–H and O–H groups in total.